The second-order valence-electron chi connectivity index (χ2n) is 6.95. The average molecular weight is 428 g/mol. The molecule has 0 aliphatic carbocycles. The highest BCUT2D eigenvalue weighted by Gasteiger charge is 2.20. The van der Waals surface area contributed by atoms with E-state index in [1.165, 1.54) is 9.08 Å². The fourth-order valence-electron chi connectivity index (χ4n) is 3.48. The van der Waals surface area contributed by atoms with E-state index < -0.39 is 0 Å². The van der Waals surface area contributed by atoms with Gasteiger partial charge in [-0.2, -0.15) is 11.8 Å². The number of amides is 1. The lowest BCUT2D eigenvalue weighted by atomic mass is 10.2. The predicted molar refractivity (Wildman–Crippen MR) is 111 cm³/mol. The van der Waals surface area contributed by atoms with Crippen LogP contribution < -0.4 is 25.4 Å². The number of hydrogen-bond donors (Lipinski definition) is 1. The number of nitrogens with zero attached hydrogens (tertiary/aromatic N) is 5. The highest BCUT2D eigenvalue weighted by molar-refractivity contribution is 7.99. The summed E-state index contributed by atoms with van der Waals surface area (Å²) in [6, 6.07) is 5.50. The zero-order chi connectivity index (χ0) is 20.5. The quantitative estimate of drug-likeness (QED) is 0.626. The molecule has 0 atom stereocenters. The lowest BCUT2D eigenvalue weighted by Crippen LogP contribution is -2.33. The van der Waals surface area contributed by atoms with Crippen LogP contribution in [0.4, 0.5) is 5.82 Å². The van der Waals surface area contributed by atoms with Gasteiger partial charge in [-0.25, -0.2) is 18.9 Å². The molecule has 0 unspecified atom stereocenters. The van der Waals surface area contributed by atoms with E-state index in [0.29, 0.717) is 29.5 Å². The van der Waals surface area contributed by atoms with E-state index in [9.17, 15) is 9.59 Å². The summed E-state index contributed by atoms with van der Waals surface area (Å²) in [7, 11) is 0. The van der Waals surface area contributed by atoms with Gasteiger partial charge in [0.05, 0.1) is 0 Å². The van der Waals surface area contributed by atoms with Crippen molar-refractivity contribution in [3.05, 3.63) is 46.6 Å². The van der Waals surface area contributed by atoms with E-state index in [1.54, 1.807) is 12.4 Å². The van der Waals surface area contributed by atoms with Crippen LogP contribution in [-0.4, -0.2) is 56.5 Å². The van der Waals surface area contributed by atoms with Crippen LogP contribution in [0, 0.1) is 0 Å². The molecule has 156 valence electrons. The summed E-state index contributed by atoms with van der Waals surface area (Å²) in [6.07, 6.45) is 3.17. The molecule has 1 saturated heterocycles. The molecule has 1 N–H and O–H groups in total. The van der Waals surface area contributed by atoms with Crippen molar-refractivity contribution in [2.24, 2.45) is 0 Å². The lowest BCUT2D eigenvalue weighted by Gasteiger charge is -2.27. The van der Waals surface area contributed by atoms with Gasteiger partial charge in [-0.3, -0.25) is 4.79 Å². The molecule has 2 aromatic heterocycles. The van der Waals surface area contributed by atoms with Gasteiger partial charge in [0.15, 0.2) is 17.3 Å². The molecule has 0 spiro atoms. The van der Waals surface area contributed by atoms with Gasteiger partial charge in [-0.05, 0) is 17.7 Å². The third-order valence-electron chi connectivity index (χ3n) is 5.01. The summed E-state index contributed by atoms with van der Waals surface area (Å²) >= 11 is 1.89. The normalized spacial score (nSPS) is 15.5. The number of carbonyl (C=O) groups excluding carboxylic acids is 1. The molecule has 1 aromatic carbocycles. The Morgan fingerprint density at radius 1 is 1.20 bits per heavy atom. The molecular formula is C19H20N6O4S. The molecule has 3 aromatic rings. The van der Waals surface area contributed by atoms with Crippen LogP contribution >= 0.6 is 11.8 Å². The van der Waals surface area contributed by atoms with E-state index in [1.807, 2.05) is 30.0 Å². The summed E-state index contributed by atoms with van der Waals surface area (Å²) in [5, 5.41) is 7.20. The zero-order valence-corrected chi connectivity index (χ0v) is 16.9. The number of fused-ring (bicyclic) bond motifs is 2. The van der Waals surface area contributed by atoms with E-state index in [0.717, 1.165) is 30.2 Å². The molecular weight excluding hydrogens is 408 g/mol. The lowest BCUT2D eigenvalue weighted by molar-refractivity contribution is -0.122. The molecule has 0 bridgehead atoms. The fraction of sp³-hybridized carbons (Fsp3) is 0.368. The Morgan fingerprint density at radius 3 is 2.90 bits per heavy atom. The number of ether oxygens (including phenoxy) is 2. The molecule has 30 heavy (non-hydrogen) atoms. The molecule has 2 aliphatic rings. The molecule has 5 rings (SSSR count). The molecule has 11 heteroatoms. The number of carbonyl (C=O) groups is 1. The molecule has 0 radical (unpaired) electrons. The first kappa shape index (κ1) is 18.8. The second-order valence-corrected chi connectivity index (χ2v) is 8.17. The van der Waals surface area contributed by atoms with Gasteiger partial charge in [-0.1, -0.05) is 6.07 Å². The maximum atomic E-state index is 12.7. The van der Waals surface area contributed by atoms with Gasteiger partial charge in [0, 0.05) is 43.5 Å². The van der Waals surface area contributed by atoms with E-state index in [4.69, 9.17) is 9.47 Å². The predicted octanol–water partition coefficient (Wildman–Crippen LogP) is 0.489. The molecule has 10 nitrogen and oxygen atoms in total. The topological polar surface area (TPSA) is 103 Å². The first-order chi connectivity index (χ1) is 14.7. The first-order valence-electron chi connectivity index (χ1n) is 9.61. The number of hydrogen-bond acceptors (Lipinski definition) is 8. The zero-order valence-electron chi connectivity index (χ0n) is 16.1. The largest absolute Gasteiger partial charge is 0.454 e. The summed E-state index contributed by atoms with van der Waals surface area (Å²) in [6.45, 7) is 2.06. The maximum Gasteiger partial charge on any atom is 0.350 e. The average Bonchev–Trinajstić information content (AvgIpc) is 3.37. The Kier molecular flexibility index (Phi) is 4.95. The van der Waals surface area contributed by atoms with Crippen molar-refractivity contribution in [3.63, 3.8) is 0 Å². The Hall–Kier alpha value is -3.21. The Labute approximate surface area is 175 Å². The van der Waals surface area contributed by atoms with Crippen molar-refractivity contribution in [3.8, 4) is 11.5 Å². The maximum absolute atomic E-state index is 12.7. The SMILES string of the molecule is O=C(Cn1nc2c(N3CCSCC3)nccn2c1=O)NCc1ccc2c(c1)OCO2. The highest BCUT2D eigenvalue weighted by atomic mass is 32.2. The van der Waals surface area contributed by atoms with Crippen LogP contribution in [0.1, 0.15) is 5.56 Å². The van der Waals surface area contributed by atoms with Crippen LogP contribution in [0.15, 0.2) is 35.4 Å². The highest BCUT2D eigenvalue weighted by Crippen LogP contribution is 2.32. The molecule has 1 amide bonds. The third kappa shape index (κ3) is 3.56. The van der Waals surface area contributed by atoms with Crippen molar-refractivity contribution in [2.45, 2.75) is 13.1 Å². The van der Waals surface area contributed by atoms with Crippen molar-refractivity contribution in [1.82, 2.24) is 24.5 Å². The van der Waals surface area contributed by atoms with Crippen LogP contribution in [0.25, 0.3) is 5.65 Å². The minimum absolute atomic E-state index is 0.166. The van der Waals surface area contributed by atoms with Crippen LogP contribution in [0.5, 0.6) is 11.5 Å². The van der Waals surface area contributed by atoms with E-state index >= 15 is 0 Å². The number of anilines is 1. The van der Waals surface area contributed by atoms with Crippen LogP contribution in [0.3, 0.4) is 0 Å². The standard InChI is InChI=1S/C19H20N6O4S/c26-16(21-10-13-1-2-14-15(9-13)29-12-28-14)11-25-19(27)24-4-3-20-17(18(24)22-25)23-5-7-30-8-6-23/h1-4,9H,5-8,10-12H2,(H,21,26). The Balaban J connectivity index is 1.30. The van der Waals surface area contributed by atoms with E-state index in [2.05, 4.69) is 20.3 Å². The monoisotopic (exact) mass is 428 g/mol. The molecule has 4 heterocycles. The van der Waals surface area contributed by atoms with E-state index in [-0.39, 0.29) is 24.9 Å². The van der Waals surface area contributed by atoms with Gasteiger partial charge < -0.3 is 19.7 Å². The first-order valence-corrected chi connectivity index (χ1v) is 10.8. The fourth-order valence-corrected chi connectivity index (χ4v) is 4.38. The summed E-state index contributed by atoms with van der Waals surface area (Å²) < 4.78 is 13.2. The summed E-state index contributed by atoms with van der Waals surface area (Å²) in [4.78, 5) is 31.7. The van der Waals surface area contributed by atoms with Crippen molar-refractivity contribution in [1.29, 1.82) is 0 Å². The third-order valence-corrected chi connectivity index (χ3v) is 5.96. The van der Waals surface area contributed by atoms with Crippen LogP contribution in [-0.2, 0) is 17.9 Å². The van der Waals surface area contributed by atoms with Crippen molar-refractivity contribution < 1.29 is 14.3 Å². The minimum Gasteiger partial charge on any atom is -0.454 e. The minimum atomic E-state index is -0.363. The number of thioether (sulfide) groups is 1. The molecule has 1 fully saturated rings. The van der Waals surface area contributed by atoms with Crippen molar-refractivity contribution in [2.75, 3.05) is 36.3 Å². The smallest absolute Gasteiger partial charge is 0.350 e. The van der Waals surface area contributed by atoms with Gasteiger partial charge in [0.2, 0.25) is 18.3 Å². The van der Waals surface area contributed by atoms with Gasteiger partial charge in [-0.15, -0.1) is 5.10 Å². The summed E-state index contributed by atoms with van der Waals surface area (Å²) in [5.41, 5.74) is 0.987. The molecule has 2 aliphatic heterocycles. The number of nitrogens with one attached hydrogen (secondary N) is 1. The summed E-state index contributed by atoms with van der Waals surface area (Å²) in [5.74, 6) is 3.75. The number of aromatic nitrogens is 4. The Morgan fingerprint density at radius 2 is 2.03 bits per heavy atom. The van der Waals surface area contributed by atoms with Gasteiger partial charge in [0.1, 0.15) is 6.54 Å². The molecule has 0 saturated carbocycles. The van der Waals surface area contributed by atoms with Gasteiger partial charge in [0.25, 0.3) is 0 Å². The second kappa shape index (κ2) is 7.90. The van der Waals surface area contributed by atoms with Crippen molar-refractivity contribution >= 4 is 29.1 Å². The Bertz CT molecular complexity index is 1150. The van der Waals surface area contributed by atoms with Crippen LogP contribution in [0.2, 0.25) is 0 Å². The number of rotatable bonds is 5. The van der Waals surface area contributed by atoms with Gasteiger partial charge >= 0.3 is 5.69 Å². The number of benzene rings is 1.